The molecule has 1 heterocycles. The second-order valence-corrected chi connectivity index (χ2v) is 7.31. The van der Waals surface area contributed by atoms with Crippen molar-refractivity contribution in [3.05, 3.63) is 48.5 Å². The first-order chi connectivity index (χ1) is 13.6. The predicted octanol–water partition coefficient (Wildman–Crippen LogP) is 2.32. The summed E-state index contributed by atoms with van der Waals surface area (Å²) in [5.74, 6) is 1.69. The molecule has 6 nitrogen and oxygen atoms in total. The molecule has 0 aliphatic carbocycles. The van der Waals surface area contributed by atoms with Gasteiger partial charge in [0, 0.05) is 52.5 Å². The first-order valence-electron chi connectivity index (χ1n) is 9.75. The lowest BCUT2D eigenvalue weighted by Gasteiger charge is -2.37. The van der Waals surface area contributed by atoms with Crippen LogP contribution in [-0.2, 0) is 0 Å². The summed E-state index contributed by atoms with van der Waals surface area (Å²) in [5, 5.41) is 10.4. The standard InChI is InChI=1S/C22H31N3O3/c1-23(2)18-8-10-20(11-9-18)28-17-19(26)16-24-12-14-25(15-13-24)21-6-4-5-7-22(21)27-3/h4-11,19,26H,12-17H2,1-3H3. The predicted molar refractivity (Wildman–Crippen MR) is 114 cm³/mol. The zero-order valence-electron chi connectivity index (χ0n) is 17.0. The number of piperazine rings is 1. The summed E-state index contributed by atoms with van der Waals surface area (Å²) >= 11 is 0. The minimum Gasteiger partial charge on any atom is -0.495 e. The van der Waals surface area contributed by atoms with Crippen LogP contribution in [0.3, 0.4) is 0 Å². The summed E-state index contributed by atoms with van der Waals surface area (Å²) in [6.07, 6.45) is -0.508. The molecule has 6 heteroatoms. The van der Waals surface area contributed by atoms with Gasteiger partial charge in [0.15, 0.2) is 0 Å². The molecular weight excluding hydrogens is 354 g/mol. The summed E-state index contributed by atoms with van der Waals surface area (Å²) < 4.78 is 11.2. The summed E-state index contributed by atoms with van der Waals surface area (Å²) in [4.78, 5) is 6.67. The summed E-state index contributed by atoms with van der Waals surface area (Å²) in [6, 6.07) is 16.0. The van der Waals surface area contributed by atoms with Crippen LogP contribution in [0.1, 0.15) is 0 Å². The molecule has 2 aromatic carbocycles. The number of para-hydroxylation sites is 2. The van der Waals surface area contributed by atoms with E-state index in [2.05, 4.69) is 15.9 Å². The summed E-state index contributed by atoms with van der Waals surface area (Å²) in [7, 11) is 5.72. The van der Waals surface area contributed by atoms with Crippen molar-refractivity contribution in [3.63, 3.8) is 0 Å². The molecule has 2 aromatic rings. The van der Waals surface area contributed by atoms with E-state index >= 15 is 0 Å². The van der Waals surface area contributed by atoms with Crippen molar-refractivity contribution in [3.8, 4) is 11.5 Å². The van der Waals surface area contributed by atoms with Gasteiger partial charge in [-0.15, -0.1) is 0 Å². The van der Waals surface area contributed by atoms with Gasteiger partial charge in [-0.05, 0) is 36.4 Å². The smallest absolute Gasteiger partial charge is 0.142 e. The highest BCUT2D eigenvalue weighted by atomic mass is 16.5. The van der Waals surface area contributed by atoms with Crippen molar-refractivity contribution < 1.29 is 14.6 Å². The molecule has 28 heavy (non-hydrogen) atoms. The van der Waals surface area contributed by atoms with Crippen LogP contribution in [0.5, 0.6) is 11.5 Å². The molecule has 152 valence electrons. The van der Waals surface area contributed by atoms with Gasteiger partial charge in [-0.3, -0.25) is 4.90 Å². The van der Waals surface area contributed by atoms with Crippen molar-refractivity contribution in [2.75, 3.05) is 70.3 Å². The average Bonchev–Trinajstić information content (AvgIpc) is 2.73. The molecule has 0 radical (unpaired) electrons. The van der Waals surface area contributed by atoms with Gasteiger partial charge in [0.05, 0.1) is 12.8 Å². The largest absolute Gasteiger partial charge is 0.495 e. The zero-order chi connectivity index (χ0) is 19.9. The third kappa shape index (κ3) is 5.30. The van der Waals surface area contributed by atoms with Gasteiger partial charge in [0.25, 0.3) is 0 Å². The van der Waals surface area contributed by atoms with Gasteiger partial charge < -0.3 is 24.4 Å². The van der Waals surface area contributed by atoms with Crippen molar-refractivity contribution in [1.29, 1.82) is 0 Å². The Hall–Kier alpha value is -2.44. The highest BCUT2D eigenvalue weighted by Gasteiger charge is 2.21. The SMILES string of the molecule is COc1ccccc1N1CCN(CC(O)COc2ccc(N(C)C)cc2)CC1. The molecular formula is C22H31N3O3. The van der Waals surface area contributed by atoms with Gasteiger partial charge in [0.2, 0.25) is 0 Å². The maximum atomic E-state index is 10.4. The number of hydrogen-bond donors (Lipinski definition) is 1. The molecule has 0 saturated carbocycles. The maximum Gasteiger partial charge on any atom is 0.142 e. The lowest BCUT2D eigenvalue weighted by atomic mass is 10.2. The number of anilines is 2. The Morgan fingerprint density at radius 1 is 1.00 bits per heavy atom. The lowest BCUT2D eigenvalue weighted by molar-refractivity contribution is 0.0663. The van der Waals surface area contributed by atoms with Crippen LogP contribution in [0.25, 0.3) is 0 Å². The van der Waals surface area contributed by atoms with E-state index in [0.717, 1.165) is 49.1 Å². The molecule has 0 aromatic heterocycles. The fourth-order valence-corrected chi connectivity index (χ4v) is 3.45. The quantitative estimate of drug-likeness (QED) is 0.753. The second kappa shape index (κ2) is 9.66. The van der Waals surface area contributed by atoms with E-state index in [1.54, 1.807) is 7.11 Å². The topological polar surface area (TPSA) is 48.4 Å². The van der Waals surface area contributed by atoms with Gasteiger partial charge in [-0.1, -0.05) is 12.1 Å². The van der Waals surface area contributed by atoms with Crippen molar-refractivity contribution in [1.82, 2.24) is 4.90 Å². The van der Waals surface area contributed by atoms with E-state index in [9.17, 15) is 5.11 Å². The Balaban J connectivity index is 1.43. The van der Waals surface area contributed by atoms with E-state index in [0.29, 0.717) is 13.2 Å². The van der Waals surface area contributed by atoms with E-state index in [1.165, 1.54) is 0 Å². The maximum absolute atomic E-state index is 10.4. The third-order valence-corrected chi connectivity index (χ3v) is 5.06. The molecule has 1 aliphatic rings. The second-order valence-electron chi connectivity index (χ2n) is 7.31. The molecule has 1 N–H and O–H groups in total. The van der Waals surface area contributed by atoms with Crippen LogP contribution >= 0.6 is 0 Å². The molecule has 1 saturated heterocycles. The highest BCUT2D eigenvalue weighted by molar-refractivity contribution is 5.58. The first kappa shape index (κ1) is 20.3. The van der Waals surface area contributed by atoms with Crippen LogP contribution < -0.4 is 19.3 Å². The number of aliphatic hydroxyl groups excluding tert-OH is 1. The molecule has 1 unspecified atom stereocenters. The Bertz CT molecular complexity index is 728. The van der Waals surface area contributed by atoms with E-state index in [4.69, 9.17) is 9.47 Å². The van der Waals surface area contributed by atoms with Crippen LogP contribution in [0.2, 0.25) is 0 Å². The minimum absolute atomic E-state index is 0.300. The summed E-state index contributed by atoms with van der Waals surface area (Å²) in [5.41, 5.74) is 2.26. The Morgan fingerprint density at radius 2 is 1.68 bits per heavy atom. The number of ether oxygens (including phenoxy) is 2. The third-order valence-electron chi connectivity index (χ3n) is 5.06. The average molecular weight is 386 g/mol. The van der Waals surface area contributed by atoms with Crippen LogP contribution in [0, 0.1) is 0 Å². The fraction of sp³-hybridized carbons (Fsp3) is 0.455. The van der Waals surface area contributed by atoms with Crippen LogP contribution in [0.15, 0.2) is 48.5 Å². The number of β-amino-alcohol motifs (C(OH)–C–C–N with tert-alkyl or cyclic N) is 1. The normalized spacial score (nSPS) is 15.9. The molecule has 3 rings (SSSR count). The molecule has 0 spiro atoms. The minimum atomic E-state index is -0.508. The van der Waals surface area contributed by atoms with Gasteiger partial charge in [0.1, 0.15) is 24.2 Å². The number of benzene rings is 2. The van der Waals surface area contributed by atoms with Crippen LogP contribution in [-0.4, -0.2) is 76.6 Å². The molecule has 1 fully saturated rings. The van der Waals surface area contributed by atoms with Gasteiger partial charge in [-0.25, -0.2) is 0 Å². The Kier molecular flexibility index (Phi) is 7.01. The molecule has 0 amide bonds. The lowest BCUT2D eigenvalue weighted by Crippen LogP contribution is -2.49. The van der Waals surface area contributed by atoms with E-state index in [-0.39, 0.29) is 0 Å². The number of hydrogen-bond acceptors (Lipinski definition) is 6. The van der Waals surface area contributed by atoms with Gasteiger partial charge >= 0.3 is 0 Å². The Morgan fingerprint density at radius 3 is 2.32 bits per heavy atom. The highest BCUT2D eigenvalue weighted by Crippen LogP contribution is 2.28. The van der Waals surface area contributed by atoms with Crippen molar-refractivity contribution >= 4 is 11.4 Å². The monoisotopic (exact) mass is 385 g/mol. The molecule has 1 aliphatic heterocycles. The fourth-order valence-electron chi connectivity index (χ4n) is 3.45. The molecule has 1 atom stereocenters. The number of aliphatic hydroxyl groups is 1. The number of rotatable bonds is 8. The Labute approximate surface area is 167 Å². The van der Waals surface area contributed by atoms with Crippen molar-refractivity contribution in [2.45, 2.75) is 6.10 Å². The van der Waals surface area contributed by atoms with Crippen LogP contribution in [0.4, 0.5) is 11.4 Å². The van der Waals surface area contributed by atoms with Crippen molar-refractivity contribution in [2.24, 2.45) is 0 Å². The number of methoxy groups -OCH3 is 1. The zero-order valence-corrected chi connectivity index (χ0v) is 17.0. The first-order valence-corrected chi connectivity index (χ1v) is 9.75. The van der Waals surface area contributed by atoms with E-state index in [1.807, 2.05) is 61.5 Å². The van der Waals surface area contributed by atoms with E-state index < -0.39 is 6.10 Å². The number of nitrogens with zero attached hydrogens (tertiary/aromatic N) is 3. The summed E-state index contributed by atoms with van der Waals surface area (Å²) in [6.45, 7) is 4.57. The van der Waals surface area contributed by atoms with Gasteiger partial charge in [-0.2, -0.15) is 0 Å². The molecule has 0 bridgehead atoms.